The maximum atomic E-state index is 12.0. The van der Waals surface area contributed by atoms with Crippen molar-refractivity contribution < 1.29 is 4.52 Å². The van der Waals surface area contributed by atoms with Crippen LogP contribution in [0.15, 0.2) is 44.5 Å². The molecule has 0 aliphatic rings. The van der Waals surface area contributed by atoms with Crippen molar-refractivity contribution in [3.05, 3.63) is 62.5 Å². The van der Waals surface area contributed by atoms with Gasteiger partial charge >= 0.3 is 0 Å². The Balaban J connectivity index is 2.05. The summed E-state index contributed by atoms with van der Waals surface area (Å²) in [7, 11) is 0. The molecule has 0 saturated carbocycles. The molecule has 0 aliphatic heterocycles. The van der Waals surface area contributed by atoms with Crippen LogP contribution in [0.4, 0.5) is 0 Å². The molecule has 0 amide bonds. The Hall–Kier alpha value is -2.14. The monoisotopic (exact) mass is 286 g/mol. The molecule has 20 heavy (non-hydrogen) atoms. The number of rotatable bonds is 3. The van der Waals surface area contributed by atoms with E-state index in [0.29, 0.717) is 6.54 Å². The van der Waals surface area contributed by atoms with Gasteiger partial charge in [0, 0.05) is 23.4 Å². The van der Waals surface area contributed by atoms with Crippen molar-refractivity contribution in [2.45, 2.75) is 20.4 Å². The van der Waals surface area contributed by atoms with Crippen molar-refractivity contribution in [3.8, 4) is 11.1 Å². The fourth-order valence-corrected chi connectivity index (χ4v) is 2.94. The van der Waals surface area contributed by atoms with Crippen molar-refractivity contribution in [2.24, 2.45) is 0 Å². The first-order valence-corrected chi connectivity index (χ1v) is 7.24. The average molecular weight is 286 g/mol. The third-order valence-corrected chi connectivity index (χ3v) is 3.97. The Morgan fingerprint density at radius 3 is 2.80 bits per heavy atom. The number of nitrogens with zero attached hydrogens (tertiary/aromatic N) is 2. The van der Waals surface area contributed by atoms with Gasteiger partial charge in [0.1, 0.15) is 5.76 Å². The predicted molar refractivity (Wildman–Crippen MR) is 79.1 cm³/mol. The Morgan fingerprint density at radius 1 is 1.30 bits per heavy atom. The molecule has 0 atom stereocenters. The molecule has 0 fully saturated rings. The Morgan fingerprint density at radius 2 is 2.15 bits per heavy atom. The first-order chi connectivity index (χ1) is 9.65. The van der Waals surface area contributed by atoms with Crippen molar-refractivity contribution >= 4 is 11.3 Å². The second kappa shape index (κ2) is 5.09. The van der Waals surface area contributed by atoms with E-state index < -0.39 is 0 Å². The summed E-state index contributed by atoms with van der Waals surface area (Å²) in [4.78, 5) is 12.0. The molecular formula is C15H14N2O2S. The van der Waals surface area contributed by atoms with E-state index >= 15 is 0 Å². The predicted octanol–water partition coefficient (Wildman–Crippen LogP) is 3.23. The summed E-state index contributed by atoms with van der Waals surface area (Å²) in [5, 5.41) is 8.02. The highest BCUT2D eigenvalue weighted by atomic mass is 32.1. The topological polar surface area (TPSA) is 48.0 Å². The molecule has 0 spiro atoms. The van der Waals surface area contributed by atoms with Crippen LogP contribution in [0.1, 0.15) is 17.0 Å². The quantitative estimate of drug-likeness (QED) is 0.742. The summed E-state index contributed by atoms with van der Waals surface area (Å²) in [6, 6.07) is 5.44. The number of hydrogen-bond acceptors (Lipinski definition) is 4. The van der Waals surface area contributed by atoms with Gasteiger partial charge in [0.05, 0.1) is 12.2 Å². The molecule has 0 N–H and O–H groups in total. The number of hydrogen-bond donors (Lipinski definition) is 0. The van der Waals surface area contributed by atoms with Crippen molar-refractivity contribution in [1.29, 1.82) is 0 Å². The zero-order valence-electron chi connectivity index (χ0n) is 11.3. The molecule has 3 aromatic heterocycles. The third-order valence-electron chi connectivity index (χ3n) is 3.24. The third kappa shape index (κ3) is 2.32. The molecule has 0 unspecified atom stereocenters. The van der Waals surface area contributed by atoms with E-state index in [1.165, 1.54) is 0 Å². The summed E-state index contributed by atoms with van der Waals surface area (Å²) in [5.74, 6) is 0.767. The molecule has 3 aromatic rings. The van der Waals surface area contributed by atoms with E-state index in [1.807, 2.05) is 37.6 Å². The number of aromatic nitrogens is 2. The van der Waals surface area contributed by atoms with Gasteiger partial charge in [0.2, 0.25) is 0 Å². The van der Waals surface area contributed by atoms with Crippen LogP contribution in [-0.4, -0.2) is 9.72 Å². The molecule has 102 valence electrons. The maximum Gasteiger partial charge on any atom is 0.250 e. The minimum atomic E-state index is -0.00768. The lowest BCUT2D eigenvalue weighted by Crippen LogP contribution is -2.18. The molecule has 5 heteroatoms. The second-order valence-corrected chi connectivity index (χ2v) is 5.49. The minimum absolute atomic E-state index is 0.00768. The molecule has 3 rings (SSSR count). The van der Waals surface area contributed by atoms with Crippen LogP contribution in [0.3, 0.4) is 0 Å². The van der Waals surface area contributed by atoms with Gasteiger partial charge in [-0.1, -0.05) is 5.16 Å². The maximum absolute atomic E-state index is 12.0. The Bertz CT molecular complexity index is 765. The molecular weight excluding hydrogens is 272 g/mol. The fourth-order valence-electron chi connectivity index (χ4n) is 2.28. The van der Waals surface area contributed by atoms with Crippen LogP contribution in [0.2, 0.25) is 0 Å². The van der Waals surface area contributed by atoms with Gasteiger partial charge in [-0.15, -0.1) is 0 Å². The molecule has 0 aromatic carbocycles. The number of thiophene rings is 1. The normalized spacial score (nSPS) is 10.9. The van der Waals surface area contributed by atoms with E-state index in [1.54, 1.807) is 22.0 Å². The van der Waals surface area contributed by atoms with Gasteiger partial charge in [-0.05, 0) is 42.3 Å². The average Bonchev–Trinajstić information content (AvgIpc) is 3.03. The summed E-state index contributed by atoms with van der Waals surface area (Å²) in [5.41, 5.74) is 3.88. The van der Waals surface area contributed by atoms with Gasteiger partial charge in [-0.2, -0.15) is 11.3 Å². The zero-order chi connectivity index (χ0) is 14.1. The molecule has 4 nitrogen and oxygen atoms in total. The van der Waals surface area contributed by atoms with Crippen LogP contribution in [0.5, 0.6) is 0 Å². The van der Waals surface area contributed by atoms with Gasteiger partial charge in [-0.3, -0.25) is 4.79 Å². The summed E-state index contributed by atoms with van der Waals surface area (Å²) in [6.07, 6.45) is 1.87. The molecule has 0 aliphatic carbocycles. The van der Waals surface area contributed by atoms with Gasteiger partial charge in [0.25, 0.3) is 5.56 Å². The lowest BCUT2D eigenvalue weighted by atomic mass is 10.1. The van der Waals surface area contributed by atoms with E-state index in [4.69, 9.17) is 4.52 Å². The summed E-state index contributed by atoms with van der Waals surface area (Å²) in [6.45, 7) is 4.36. The van der Waals surface area contributed by atoms with E-state index in [-0.39, 0.29) is 5.56 Å². The molecule has 3 heterocycles. The van der Waals surface area contributed by atoms with E-state index in [9.17, 15) is 4.79 Å². The number of pyridine rings is 1. The van der Waals surface area contributed by atoms with Crippen LogP contribution in [-0.2, 0) is 6.54 Å². The van der Waals surface area contributed by atoms with E-state index in [2.05, 4.69) is 10.5 Å². The highest BCUT2D eigenvalue weighted by Crippen LogP contribution is 2.25. The minimum Gasteiger partial charge on any atom is -0.361 e. The fraction of sp³-hybridized carbons (Fsp3) is 0.200. The van der Waals surface area contributed by atoms with Crippen LogP contribution in [0.25, 0.3) is 11.1 Å². The zero-order valence-corrected chi connectivity index (χ0v) is 12.1. The van der Waals surface area contributed by atoms with Crippen molar-refractivity contribution in [1.82, 2.24) is 9.72 Å². The van der Waals surface area contributed by atoms with Crippen molar-refractivity contribution in [2.75, 3.05) is 0 Å². The van der Waals surface area contributed by atoms with Crippen LogP contribution < -0.4 is 5.56 Å². The standard InChI is InChI=1S/C15H14N2O2S/c1-10-15(11(2)19-16-10)13-3-4-14(18)17(8-13)7-12-5-6-20-9-12/h3-6,8-9H,7H2,1-2H3. The van der Waals surface area contributed by atoms with Gasteiger partial charge < -0.3 is 9.09 Å². The lowest BCUT2D eigenvalue weighted by molar-refractivity contribution is 0.393. The largest absolute Gasteiger partial charge is 0.361 e. The number of aryl methyl sites for hydroxylation is 2. The van der Waals surface area contributed by atoms with Crippen LogP contribution in [0, 0.1) is 13.8 Å². The second-order valence-electron chi connectivity index (χ2n) is 4.71. The summed E-state index contributed by atoms with van der Waals surface area (Å²) < 4.78 is 6.90. The van der Waals surface area contributed by atoms with Gasteiger partial charge in [0.15, 0.2) is 0 Å². The lowest BCUT2D eigenvalue weighted by Gasteiger charge is -2.07. The van der Waals surface area contributed by atoms with Gasteiger partial charge in [-0.25, -0.2) is 0 Å². The molecule has 0 radical (unpaired) electrons. The Labute approximate surface area is 120 Å². The first kappa shape index (κ1) is 12.9. The molecule has 0 bridgehead atoms. The Kier molecular flexibility index (Phi) is 3.28. The molecule has 0 saturated heterocycles. The summed E-state index contributed by atoms with van der Waals surface area (Å²) >= 11 is 1.63. The smallest absolute Gasteiger partial charge is 0.250 e. The first-order valence-electron chi connectivity index (χ1n) is 6.30. The SMILES string of the molecule is Cc1noc(C)c1-c1ccc(=O)n(Cc2ccsc2)c1. The van der Waals surface area contributed by atoms with Crippen LogP contribution >= 0.6 is 11.3 Å². The highest BCUT2D eigenvalue weighted by Gasteiger charge is 2.12. The van der Waals surface area contributed by atoms with E-state index in [0.717, 1.165) is 28.1 Å². The highest BCUT2D eigenvalue weighted by molar-refractivity contribution is 7.07. The van der Waals surface area contributed by atoms with Crippen molar-refractivity contribution in [3.63, 3.8) is 0 Å².